The van der Waals surface area contributed by atoms with Gasteiger partial charge in [0, 0.05) is 24.1 Å². The van der Waals surface area contributed by atoms with Gasteiger partial charge in [-0.3, -0.25) is 0 Å². The first kappa shape index (κ1) is 13.8. The number of fused-ring (bicyclic) bond motifs is 3. The fourth-order valence-corrected chi connectivity index (χ4v) is 2.35. The van der Waals surface area contributed by atoms with Crippen molar-refractivity contribution in [3.63, 3.8) is 0 Å². The van der Waals surface area contributed by atoms with Gasteiger partial charge in [0.1, 0.15) is 18.7 Å². The molecular weight excluding hydrogens is 266 g/mol. The second-order valence-corrected chi connectivity index (χ2v) is 5.25. The second-order valence-electron chi connectivity index (χ2n) is 5.25. The summed E-state index contributed by atoms with van der Waals surface area (Å²) in [5.41, 5.74) is 2.95. The van der Waals surface area contributed by atoms with E-state index in [0.717, 1.165) is 35.5 Å². The Morgan fingerprint density at radius 3 is 2.95 bits per heavy atom. The Balaban J connectivity index is 1.93. The van der Waals surface area contributed by atoms with Crippen LogP contribution in [0.1, 0.15) is 5.56 Å². The van der Waals surface area contributed by atoms with Gasteiger partial charge in [-0.15, -0.1) is 0 Å². The van der Waals surface area contributed by atoms with Crippen LogP contribution >= 0.6 is 0 Å². The quantitative estimate of drug-likeness (QED) is 0.860. The van der Waals surface area contributed by atoms with Gasteiger partial charge >= 0.3 is 0 Å². The lowest BCUT2D eigenvalue weighted by atomic mass is 10.1. The number of nitrogens with zero attached hydrogens (tertiary/aromatic N) is 3. The predicted octanol–water partition coefficient (Wildman–Crippen LogP) is 2.02. The largest absolute Gasteiger partial charge is 0.493 e. The maximum Gasteiger partial charge on any atom is 0.220 e. The number of rotatable bonds is 4. The molecule has 3 rings (SSSR count). The summed E-state index contributed by atoms with van der Waals surface area (Å²) in [6, 6.07) is 7.96. The third kappa shape index (κ3) is 2.97. The number of aromatic nitrogens is 2. The molecule has 1 aliphatic heterocycles. The monoisotopic (exact) mass is 285 g/mol. The number of ether oxygens (including phenoxy) is 2. The van der Waals surface area contributed by atoms with Gasteiger partial charge in [0.25, 0.3) is 0 Å². The highest BCUT2D eigenvalue weighted by Crippen LogP contribution is 2.36. The predicted molar refractivity (Wildman–Crippen MR) is 80.7 cm³/mol. The second kappa shape index (κ2) is 6.10. The van der Waals surface area contributed by atoms with Crippen LogP contribution in [0.2, 0.25) is 0 Å². The Kier molecular flexibility index (Phi) is 4.01. The zero-order valence-electron chi connectivity index (χ0n) is 12.4. The topological polar surface area (TPSA) is 47.5 Å². The molecule has 0 aliphatic carbocycles. The Labute approximate surface area is 124 Å². The Hall–Kier alpha value is -2.14. The fraction of sp³-hybridized carbons (Fsp3) is 0.375. The molecule has 5 heteroatoms. The molecule has 0 unspecified atom stereocenters. The molecule has 0 saturated heterocycles. The van der Waals surface area contributed by atoms with Crippen LogP contribution in [0, 0.1) is 0 Å². The lowest BCUT2D eigenvalue weighted by molar-refractivity contribution is 0.250. The van der Waals surface area contributed by atoms with Gasteiger partial charge in [-0.1, -0.05) is 12.1 Å². The minimum absolute atomic E-state index is 0.610. The highest BCUT2D eigenvalue weighted by atomic mass is 16.5. The van der Waals surface area contributed by atoms with Crippen LogP contribution in [0.15, 0.2) is 30.6 Å². The van der Waals surface area contributed by atoms with Gasteiger partial charge < -0.3 is 14.4 Å². The molecule has 1 aromatic heterocycles. The number of hydrogen-bond donors (Lipinski definition) is 0. The van der Waals surface area contributed by atoms with E-state index in [2.05, 4.69) is 14.9 Å². The average Bonchev–Trinajstić information content (AvgIpc) is 2.67. The molecule has 110 valence electrons. The van der Waals surface area contributed by atoms with Crippen molar-refractivity contribution in [3.05, 3.63) is 36.2 Å². The summed E-state index contributed by atoms with van der Waals surface area (Å²) in [4.78, 5) is 10.8. The molecule has 0 amide bonds. The molecule has 2 heterocycles. The van der Waals surface area contributed by atoms with Crippen LogP contribution in [0.3, 0.4) is 0 Å². The van der Waals surface area contributed by atoms with Gasteiger partial charge in [0.05, 0.1) is 12.3 Å². The molecule has 0 radical (unpaired) electrons. The van der Waals surface area contributed by atoms with Crippen molar-refractivity contribution >= 4 is 0 Å². The van der Waals surface area contributed by atoms with Crippen molar-refractivity contribution in [2.45, 2.75) is 6.42 Å². The van der Waals surface area contributed by atoms with Gasteiger partial charge in [-0.25, -0.2) is 9.97 Å². The van der Waals surface area contributed by atoms with Gasteiger partial charge in [-0.2, -0.15) is 0 Å². The summed E-state index contributed by atoms with van der Waals surface area (Å²) in [6.45, 7) is 2.08. The van der Waals surface area contributed by atoms with Crippen LogP contribution < -0.4 is 9.47 Å². The Morgan fingerprint density at radius 2 is 2.10 bits per heavy atom. The van der Waals surface area contributed by atoms with Crippen molar-refractivity contribution in [1.82, 2.24) is 14.9 Å². The first-order chi connectivity index (χ1) is 10.3. The highest BCUT2D eigenvalue weighted by Gasteiger charge is 2.20. The van der Waals surface area contributed by atoms with Crippen molar-refractivity contribution in [2.24, 2.45) is 0 Å². The van der Waals surface area contributed by atoms with E-state index in [1.807, 2.05) is 38.4 Å². The third-order valence-electron chi connectivity index (χ3n) is 3.43. The van der Waals surface area contributed by atoms with E-state index < -0.39 is 0 Å². The minimum atomic E-state index is 0.610. The molecule has 0 bridgehead atoms. The molecule has 0 N–H and O–H groups in total. The summed E-state index contributed by atoms with van der Waals surface area (Å²) in [7, 11) is 4.04. The molecule has 0 saturated carbocycles. The molecule has 21 heavy (non-hydrogen) atoms. The summed E-state index contributed by atoms with van der Waals surface area (Å²) in [5.74, 6) is 1.54. The van der Waals surface area contributed by atoms with Crippen molar-refractivity contribution in [1.29, 1.82) is 0 Å². The molecule has 0 fully saturated rings. The van der Waals surface area contributed by atoms with Crippen molar-refractivity contribution in [2.75, 3.05) is 33.9 Å². The summed E-state index contributed by atoms with van der Waals surface area (Å²) in [6.07, 6.45) is 2.31. The van der Waals surface area contributed by atoms with E-state index >= 15 is 0 Å². The van der Waals surface area contributed by atoms with E-state index in [4.69, 9.17) is 9.47 Å². The van der Waals surface area contributed by atoms with Crippen LogP contribution in [0.25, 0.3) is 11.3 Å². The third-order valence-corrected chi connectivity index (χ3v) is 3.43. The smallest absolute Gasteiger partial charge is 0.220 e. The number of benzene rings is 1. The molecular formula is C16H19N3O2. The van der Waals surface area contributed by atoms with E-state index in [1.165, 1.54) is 0 Å². The lowest BCUT2D eigenvalue weighted by Crippen LogP contribution is -2.20. The summed E-state index contributed by atoms with van der Waals surface area (Å²) >= 11 is 0. The summed E-state index contributed by atoms with van der Waals surface area (Å²) < 4.78 is 11.6. The lowest BCUT2D eigenvalue weighted by Gasteiger charge is -2.13. The Morgan fingerprint density at radius 1 is 1.24 bits per heavy atom. The van der Waals surface area contributed by atoms with Crippen LogP contribution in [0.5, 0.6) is 11.6 Å². The van der Waals surface area contributed by atoms with Crippen LogP contribution in [-0.2, 0) is 6.42 Å². The van der Waals surface area contributed by atoms with Crippen LogP contribution in [0.4, 0.5) is 0 Å². The number of hydrogen-bond acceptors (Lipinski definition) is 5. The molecule has 1 aromatic carbocycles. The zero-order chi connectivity index (χ0) is 14.7. The highest BCUT2D eigenvalue weighted by molar-refractivity contribution is 5.71. The minimum Gasteiger partial charge on any atom is -0.493 e. The van der Waals surface area contributed by atoms with E-state index in [9.17, 15) is 0 Å². The molecule has 5 nitrogen and oxygen atoms in total. The van der Waals surface area contributed by atoms with E-state index in [1.54, 1.807) is 6.33 Å². The van der Waals surface area contributed by atoms with Crippen molar-refractivity contribution in [3.8, 4) is 22.9 Å². The average molecular weight is 285 g/mol. The summed E-state index contributed by atoms with van der Waals surface area (Å²) in [5, 5.41) is 0. The maximum atomic E-state index is 5.84. The molecule has 1 aliphatic rings. The molecule has 0 atom stereocenters. The normalized spacial score (nSPS) is 13.1. The Bertz CT molecular complexity index is 629. The van der Waals surface area contributed by atoms with E-state index in [0.29, 0.717) is 19.1 Å². The van der Waals surface area contributed by atoms with Gasteiger partial charge in [0.15, 0.2) is 0 Å². The van der Waals surface area contributed by atoms with E-state index in [-0.39, 0.29) is 0 Å². The van der Waals surface area contributed by atoms with Gasteiger partial charge in [-0.05, 0) is 26.2 Å². The SMILES string of the molecule is CN(C)CCOc1ncnc2c1CCOc1ccccc1-2. The first-order valence-corrected chi connectivity index (χ1v) is 7.09. The standard InChI is InChI=1S/C16H19N3O2/c1-19(2)8-10-21-16-13-7-9-20-14-6-4-3-5-12(14)15(13)17-11-18-16/h3-6,11H,7-10H2,1-2H3. The van der Waals surface area contributed by atoms with Gasteiger partial charge in [0.2, 0.25) is 5.88 Å². The zero-order valence-corrected chi connectivity index (χ0v) is 12.4. The fourth-order valence-electron chi connectivity index (χ4n) is 2.35. The first-order valence-electron chi connectivity index (χ1n) is 7.09. The van der Waals surface area contributed by atoms with Crippen molar-refractivity contribution < 1.29 is 9.47 Å². The molecule has 2 aromatic rings. The number of para-hydroxylation sites is 1. The van der Waals surface area contributed by atoms with Crippen LogP contribution in [-0.4, -0.2) is 48.7 Å². The number of likely N-dealkylation sites (N-methyl/N-ethyl adjacent to an activating group) is 1. The molecule has 0 spiro atoms. The maximum absolute atomic E-state index is 5.84.